The average Bonchev–Trinajstić information content (AvgIpc) is 2.62. The Hall–Kier alpha value is -0.440. The first-order chi connectivity index (χ1) is 11.8. The fraction of sp³-hybridized carbons (Fsp3) is 0.727. The highest BCUT2D eigenvalue weighted by molar-refractivity contribution is 5.85. The predicted molar refractivity (Wildman–Crippen MR) is 120 cm³/mol. The molecule has 1 rings (SSSR count). The first-order valence-corrected chi connectivity index (χ1v) is 10.1. The van der Waals surface area contributed by atoms with Gasteiger partial charge in [0.05, 0.1) is 6.61 Å². The highest BCUT2D eigenvalue weighted by Crippen LogP contribution is 2.10. The second-order valence-corrected chi connectivity index (χ2v) is 6.42. The summed E-state index contributed by atoms with van der Waals surface area (Å²) in [5, 5.41) is 8.42. The summed E-state index contributed by atoms with van der Waals surface area (Å²) in [5.74, 6) is 0.992. The molecule has 1 aromatic carbocycles. The van der Waals surface area contributed by atoms with Crippen LogP contribution in [0.3, 0.4) is 0 Å². The van der Waals surface area contributed by atoms with Gasteiger partial charge in [-0.3, -0.25) is 0 Å². The summed E-state index contributed by atoms with van der Waals surface area (Å²) in [4.78, 5) is 0. The number of para-hydroxylation sites is 1. The van der Waals surface area contributed by atoms with Crippen LogP contribution in [0.2, 0.25) is 0 Å². The van der Waals surface area contributed by atoms with Crippen molar-refractivity contribution in [3.63, 3.8) is 0 Å². The molecule has 0 heterocycles. The molecule has 156 valence electrons. The van der Waals surface area contributed by atoms with Gasteiger partial charge in [-0.15, -0.1) is 24.8 Å². The Morgan fingerprint density at radius 3 is 1.62 bits per heavy atom. The molecule has 0 amide bonds. The van der Waals surface area contributed by atoms with Crippen molar-refractivity contribution in [1.82, 2.24) is 0 Å². The summed E-state index contributed by atoms with van der Waals surface area (Å²) in [6, 6.07) is 10.1. The van der Waals surface area contributed by atoms with Crippen molar-refractivity contribution in [3.8, 4) is 5.75 Å². The standard InChI is InChI=1S/C14H22O.C8H18O.2ClH/c1-2-3-4-5-6-10-13-15-14-11-8-7-9-12-14;1-2-3-4-5-6-7-8-9;;/h7-9,11-12H,2-6,10,13H2,1H3;9H,2-8H2,1H3;2*1H. The van der Waals surface area contributed by atoms with Gasteiger partial charge in [-0.1, -0.05) is 96.3 Å². The molecule has 0 aliphatic rings. The third-order valence-electron chi connectivity index (χ3n) is 4.02. The zero-order valence-electron chi connectivity index (χ0n) is 17.0. The number of hydrogen-bond donors (Lipinski definition) is 1. The van der Waals surface area contributed by atoms with Crippen LogP contribution in [0, 0.1) is 0 Å². The molecule has 0 saturated carbocycles. The smallest absolute Gasteiger partial charge is 0.119 e. The summed E-state index contributed by atoms with van der Waals surface area (Å²) in [5.41, 5.74) is 0. The van der Waals surface area contributed by atoms with Crippen molar-refractivity contribution in [2.75, 3.05) is 13.2 Å². The van der Waals surface area contributed by atoms with E-state index < -0.39 is 0 Å². The van der Waals surface area contributed by atoms with E-state index in [4.69, 9.17) is 9.84 Å². The van der Waals surface area contributed by atoms with Crippen LogP contribution in [0.1, 0.15) is 90.9 Å². The van der Waals surface area contributed by atoms with Crippen molar-refractivity contribution in [1.29, 1.82) is 0 Å². The minimum Gasteiger partial charge on any atom is -0.494 e. The number of ether oxygens (including phenoxy) is 1. The minimum absolute atomic E-state index is 0. The van der Waals surface area contributed by atoms with Gasteiger partial charge in [-0.05, 0) is 25.0 Å². The third kappa shape index (κ3) is 23.6. The van der Waals surface area contributed by atoms with Crippen LogP contribution in [0.4, 0.5) is 0 Å². The molecule has 26 heavy (non-hydrogen) atoms. The lowest BCUT2D eigenvalue weighted by atomic mass is 10.1. The van der Waals surface area contributed by atoms with E-state index in [-0.39, 0.29) is 24.8 Å². The molecule has 2 nitrogen and oxygen atoms in total. The van der Waals surface area contributed by atoms with Gasteiger partial charge in [0.15, 0.2) is 0 Å². The molecular formula is C22H42Cl2O2. The molecule has 0 spiro atoms. The van der Waals surface area contributed by atoms with E-state index in [2.05, 4.69) is 13.8 Å². The van der Waals surface area contributed by atoms with Gasteiger partial charge in [0.2, 0.25) is 0 Å². The number of aliphatic hydroxyl groups is 1. The van der Waals surface area contributed by atoms with Crippen molar-refractivity contribution in [3.05, 3.63) is 30.3 Å². The first-order valence-electron chi connectivity index (χ1n) is 10.1. The van der Waals surface area contributed by atoms with Gasteiger partial charge in [0, 0.05) is 6.61 Å². The van der Waals surface area contributed by atoms with Crippen LogP contribution in [-0.2, 0) is 0 Å². The number of benzene rings is 1. The maximum atomic E-state index is 8.42. The monoisotopic (exact) mass is 408 g/mol. The van der Waals surface area contributed by atoms with Crippen LogP contribution in [0.25, 0.3) is 0 Å². The highest BCUT2D eigenvalue weighted by Gasteiger charge is 1.92. The quantitative estimate of drug-likeness (QED) is 0.320. The molecular weight excluding hydrogens is 367 g/mol. The maximum absolute atomic E-state index is 8.42. The van der Waals surface area contributed by atoms with Crippen molar-refractivity contribution >= 4 is 24.8 Å². The van der Waals surface area contributed by atoms with Crippen molar-refractivity contribution < 1.29 is 9.84 Å². The molecule has 0 aliphatic heterocycles. The average molecular weight is 409 g/mol. The van der Waals surface area contributed by atoms with E-state index in [1.165, 1.54) is 70.6 Å². The molecule has 0 radical (unpaired) electrons. The van der Waals surface area contributed by atoms with Crippen LogP contribution in [0.5, 0.6) is 5.75 Å². The Kier molecular flexibility index (Phi) is 31.2. The number of halogens is 2. The number of rotatable bonds is 14. The van der Waals surface area contributed by atoms with E-state index >= 15 is 0 Å². The van der Waals surface area contributed by atoms with Crippen LogP contribution in [-0.4, -0.2) is 18.3 Å². The Morgan fingerprint density at radius 1 is 0.654 bits per heavy atom. The zero-order chi connectivity index (χ0) is 17.7. The fourth-order valence-electron chi connectivity index (χ4n) is 2.48. The van der Waals surface area contributed by atoms with Crippen LogP contribution < -0.4 is 4.74 Å². The van der Waals surface area contributed by atoms with Gasteiger partial charge < -0.3 is 9.84 Å². The van der Waals surface area contributed by atoms with Gasteiger partial charge in [-0.2, -0.15) is 0 Å². The Bertz CT molecular complexity index is 328. The minimum atomic E-state index is 0. The Morgan fingerprint density at radius 2 is 1.12 bits per heavy atom. The molecule has 1 N–H and O–H groups in total. The fourth-order valence-corrected chi connectivity index (χ4v) is 2.48. The number of aliphatic hydroxyl groups excluding tert-OH is 1. The third-order valence-corrected chi connectivity index (χ3v) is 4.02. The lowest BCUT2D eigenvalue weighted by Crippen LogP contribution is -1.96. The predicted octanol–water partition coefficient (Wildman–Crippen LogP) is 7.61. The summed E-state index contributed by atoms with van der Waals surface area (Å²) < 4.78 is 5.61. The van der Waals surface area contributed by atoms with Crippen molar-refractivity contribution in [2.45, 2.75) is 90.9 Å². The summed E-state index contributed by atoms with van der Waals surface area (Å²) in [7, 11) is 0. The lowest BCUT2D eigenvalue weighted by molar-refractivity contribution is 0.282. The number of unbranched alkanes of at least 4 members (excludes halogenated alkanes) is 10. The summed E-state index contributed by atoms with van der Waals surface area (Å²) in [6.45, 7) is 5.69. The molecule has 0 fully saturated rings. The highest BCUT2D eigenvalue weighted by atomic mass is 35.5. The Labute approximate surface area is 174 Å². The first kappa shape index (κ1) is 30.3. The molecule has 1 aromatic rings. The molecule has 0 bridgehead atoms. The Balaban J connectivity index is -0.000000422. The van der Waals surface area contributed by atoms with Crippen LogP contribution in [0.15, 0.2) is 30.3 Å². The van der Waals surface area contributed by atoms with Crippen LogP contribution >= 0.6 is 24.8 Å². The van der Waals surface area contributed by atoms with E-state index in [0.29, 0.717) is 6.61 Å². The second-order valence-electron chi connectivity index (χ2n) is 6.42. The maximum Gasteiger partial charge on any atom is 0.119 e. The largest absolute Gasteiger partial charge is 0.494 e. The molecule has 0 saturated heterocycles. The lowest BCUT2D eigenvalue weighted by Gasteiger charge is -2.05. The summed E-state index contributed by atoms with van der Waals surface area (Å²) in [6.07, 6.45) is 15.4. The topological polar surface area (TPSA) is 29.5 Å². The molecule has 0 unspecified atom stereocenters. The molecule has 4 heteroatoms. The van der Waals surface area contributed by atoms with Gasteiger partial charge in [0.1, 0.15) is 5.75 Å². The normalized spacial score (nSPS) is 9.35. The summed E-state index contributed by atoms with van der Waals surface area (Å²) >= 11 is 0. The number of hydrogen-bond acceptors (Lipinski definition) is 2. The van der Waals surface area contributed by atoms with Crippen molar-refractivity contribution in [2.24, 2.45) is 0 Å². The van der Waals surface area contributed by atoms with E-state index in [9.17, 15) is 0 Å². The van der Waals surface area contributed by atoms with E-state index in [1.807, 2.05) is 30.3 Å². The van der Waals surface area contributed by atoms with E-state index in [1.54, 1.807) is 0 Å². The second kappa shape index (κ2) is 26.8. The molecule has 0 aliphatic carbocycles. The van der Waals surface area contributed by atoms with Gasteiger partial charge in [0.25, 0.3) is 0 Å². The van der Waals surface area contributed by atoms with E-state index in [0.717, 1.165) is 18.8 Å². The van der Waals surface area contributed by atoms with Gasteiger partial charge in [-0.25, -0.2) is 0 Å². The molecule has 0 atom stereocenters. The SMILES string of the molecule is CCCCCCCCO.CCCCCCCCOc1ccccc1.Cl.Cl. The molecule has 0 aromatic heterocycles. The zero-order valence-corrected chi connectivity index (χ0v) is 18.6. The van der Waals surface area contributed by atoms with Gasteiger partial charge >= 0.3 is 0 Å².